The van der Waals surface area contributed by atoms with Crippen LogP contribution in [0.2, 0.25) is 0 Å². The zero-order valence-corrected chi connectivity index (χ0v) is 16.5. The van der Waals surface area contributed by atoms with E-state index < -0.39 is 6.10 Å². The molecule has 0 spiro atoms. The first-order chi connectivity index (χ1) is 14.0. The molecule has 3 heterocycles. The summed E-state index contributed by atoms with van der Waals surface area (Å²) in [5.74, 6) is 1.39. The van der Waals surface area contributed by atoms with Gasteiger partial charge in [-0.2, -0.15) is 0 Å². The van der Waals surface area contributed by atoms with Crippen LogP contribution in [0.4, 0.5) is 0 Å². The summed E-state index contributed by atoms with van der Waals surface area (Å²) in [5, 5.41) is 14.6. The van der Waals surface area contributed by atoms with Gasteiger partial charge in [-0.25, -0.2) is 0 Å². The zero-order chi connectivity index (χ0) is 20.4. The summed E-state index contributed by atoms with van der Waals surface area (Å²) < 4.78 is 11.0. The van der Waals surface area contributed by atoms with Crippen molar-refractivity contribution in [1.29, 1.82) is 0 Å². The molecule has 0 radical (unpaired) electrons. The van der Waals surface area contributed by atoms with Crippen LogP contribution in [-0.2, 0) is 17.8 Å². The van der Waals surface area contributed by atoms with E-state index in [1.54, 1.807) is 17.2 Å². The van der Waals surface area contributed by atoms with E-state index in [0.717, 1.165) is 22.6 Å². The number of pyridine rings is 1. The average molecular weight is 393 g/mol. The van der Waals surface area contributed by atoms with Gasteiger partial charge in [0.25, 0.3) is 0 Å². The Morgan fingerprint density at radius 1 is 1.28 bits per heavy atom. The maximum Gasteiger partial charge on any atom is 0.227 e. The highest BCUT2D eigenvalue weighted by Gasteiger charge is 2.23. The second-order valence-corrected chi connectivity index (χ2v) is 7.17. The second-order valence-electron chi connectivity index (χ2n) is 7.17. The van der Waals surface area contributed by atoms with Crippen molar-refractivity contribution in [3.05, 3.63) is 76.4 Å². The number of carbonyl (C=O) groups excluding carboxylic acids is 1. The number of hydrogen-bond acceptors (Lipinski definition) is 6. The van der Waals surface area contributed by atoms with Crippen LogP contribution < -0.4 is 4.74 Å². The number of benzene rings is 1. The minimum Gasteiger partial charge on any atom is -0.491 e. The lowest BCUT2D eigenvalue weighted by atomic mass is 10.0. The van der Waals surface area contributed by atoms with Crippen molar-refractivity contribution in [3.8, 4) is 5.75 Å². The summed E-state index contributed by atoms with van der Waals surface area (Å²) in [7, 11) is 0. The first kappa shape index (κ1) is 19.1. The first-order valence-corrected chi connectivity index (χ1v) is 9.57. The molecule has 3 aromatic rings. The Hall–Kier alpha value is -3.19. The standard InChI is InChI=1S/C22H23N3O4/c1-14-18(15(2)29-24-14)12-21(26)25-9-10-28-20-7-6-16(11-17(20)13-25)22(27)19-5-3-4-8-23-19/h3-8,11,22,27H,9-10,12-13H2,1-2H3. The van der Waals surface area contributed by atoms with Crippen LogP contribution in [0.1, 0.15) is 39.9 Å². The fraction of sp³-hybridized carbons (Fsp3) is 0.318. The normalized spacial score (nSPS) is 14.7. The van der Waals surface area contributed by atoms with Crippen LogP contribution in [0.15, 0.2) is 47.1 Å². The van der Waals surface area contributed by atoms with Gasteiger partial charge in [0.15, 0.2) is 0 Å². The highest BCUT2D eigenvalue weighted by Crippen LogP contribution is 2.29. The molecule has 29 heavy (non-hydrogen) atoms. The SMILES string of the molecule is Cc1noc(C)c1CC(=O)N1CCOc2ccc(C(O)c3ccccn3)cc2C1. The maximum atomic E-state index is 12.9. The van der Waals surface area contributed by atoms with Crippen LogP contribution >= 0.6 is 0 Å². The third kappa shape index (κ3) is 4.00. The van der Waals surface area contributed by atoms with Crippen LogP contribution in [0.25, 0.3) is 0 Å². The summed E-state index contributed by atoms with van der Waals surface area (Å²) in [4.78, 5) is 18.9. The molecule has 0 fully saturated rings. The summed E-state index contributed by atoms with van der Waals surface area (Å²) in [6, 6.07) is 11.0. The third-order valence-corrected chi connectivity index (χ3v) is 5.21. The quantitative estimate of drug-likeness (QED) is 0.733. The molecule has 1 unspecified atom stereocenters. The zero-order valence-electron chi connectivity index (χ0n) is 16.5. The van der Waals surface area contributed by atoms with Gasteiger partial charge in [0, 0.05) is 23.9 Å². The number of nitrogens with zero attached hydrogens (tertiary/aromatic N) is 3. The van der Waals surface area contributed by atoms with Crippen LogP contribution in [0, 0.1) is 13.8 Å². The fourth-order valence-electron chi connectivity index (χ4n) is 3.52. The topological polar surface area (TPSA) is 88.7 Å². The third-order valence-electron chi connectivity index (χ3n) is 5.21. The van der Waals surface area contributed by atoms with Gasteiger partial charge in [-0.1, -0.05) is 17.3 Å². The van der Waals surface area contributed by atoms with Crippen molar-refractivity contribution < 1.29 is 19.2 Å². The van der Waals surface area contributed by atoms with Crippen LogP contribution in [0.3, 0.4) is 0 Å². The lowest BCUT2D eigenvalue weighted by Gasteiger charge is -2.20. The minimum absolute atomic E-state index is 0.00784. The van der Waals surface area contributed by atoms with Crippen molar-refractivity contribution in [3.63, 3.8) is 0 Å². The van der Waals surface area contributed by atoms with Gasteiger partial charge in [0.2, 0.25) is 5.91 Å². The van der Waals surface area contributed by atoms with Gasteiger partial charge in [0.05, 0.1) is 24.4 Å². The molecule has 1 aliphatic rings. The van der Waals surface area contributed by atoms with E-state index in [1.165, 1.54) is 0 Å². The van der Waals surface area contributed by atoms with E-state index in [-0.39, 0.29) is 12.3 Å². The lowest BCUT2D eigenvalue weighted by molar-refractivity contribution is -0.131. The van der Waals surface area contributed by atoms with E-state index in [4.69, 9.17) is 9.26 Å². The summed E-state index contributed by atoms with van der Waals surface area (Å²) in [6.45, 7) is 4.98. The van der Waals surface area contributed by atoms with Crippen molar-refractivity contribution in [2.45, 2.75) is 32.9 Å². The first-order valence-electron chi connectivity index (χ1n) is 9.57. The van der Waals surface area contributed by atoms with Gasteiger partial charge in [-0.3, -0.25) is 9.78 Å². The molecule has 1 amide bonds. The molecule has 1 aliphatic heterocycles. The number of aliphatic hydroxyl groups is 1. The number of hydrogen-bond donors (Lipinski definition) is 1. The number of aliphatic hydroxyl groups excluding tert-OH is 1. The molecular weight excluding hydrogens is 370 g/mol. The smallest absolute Gasteiger partial charge is 0.227 e. The van der Waals surface area contributed by atoms with E-state index >= 15 is 0 Å². The molecule has 150 valence electrons. The van der Waals surface area contributed by atoms with Crippen LogP contribution in [-0.4, -0.2) is 39.2 Å². The van der Waals surface area contributed by atoms with E-state index in [0.29, 0.717) is 36.7 Å². The predicted octanol–water partition coefficient (Wildman–Crippen LogP) is 2.73. The summed E-state index contributed by atoms with van der Waals surface area (Å²) in [5.41, 5.74) is 3.73. The number of fused-ring (bicyclic) bond motifs is 1. The van der Waals surface area contributed by atoms with Gasteiger partial charge in [-0.15, -0.1) is 0 Å². The number of aromatic nitrogens is 2. The Kier molecular flexibility index (Phi) is 5.31. The minimum atomic E-state index is -0.837. The van der Waals surface area contributed by atoms with E-state index in [1.807, 2.05) is 44.2 Å². The largest absolute Gasteiger partial charge is 0.491 e. The van der Waals surface area contributed by atoms with Gasteiger partial charge < -0.3 is 19.3 Å². The van der Waals surface area contributed by atoms with Crippen molar-refractivity contribution >= 4 is 5.91 Å². The van der Waals surface area contributed by atoms with Crippen molar-refractivity contribution in [1.82, 2.24) is 15.0 Å². The van der Waals surface area contributed by atoms with Gasteiger partial charge >= 0.3 is 0 Å². The lowest BCUT2D eigenvalue weighted by Crippen LogP contribution is -2.33. The number of ether oxygens (including phenoxy) is 1. The molecule has 4 rings (SSSR count). The van der Waals surface area contributed by atoms with Gasteiger partial charge in [0.1, 0.15) is 24.2 Å². The van der Waals surface area contributed by atoms with Crippen molar-refractivity contribution in [2.75, 3.05) is 13.2 Å². The molecule has 7 nitrogen and oxygen atoms in total. The highest BCUT2D eigenvalue weighted by atomic mass is 16.5. The average Bonchev–Trinajstić information content (AvgIpc) is 2.94. The maximum absolute atomic E-state index is 12.9. The van der Waals surface area contributed by atoms with E-state index in [9.17, 15) is 9.90 Å². The van der Waals surface area contributed by atoms with Crippen LogP contribution in [0.5, 0.6) is 5.75 Å². The highest BCUT2D eigenvalue weighted by molar-refractivity contribution is 5.79. The molecule has 1 atom stereocenters. The molecule has 0 bridgehead atoms. The monoisotopic (exact) mass is 393 g/mol. The summed E-state index contributed by atoms with van der Waals surface area (Å²) >= 11 is 0. The molecule has 7 heteroatoms. The molecule has 2 aromatic heterocycles. The predicted molar refractivity (Wildman–Crippen MR) is 105 cm³/mol. The molecule has 1 N–H and O–H groups in total. The number of amides is 1. The van der Waals surface area contributed by atoms with Crippen molar-refractivity contribution in [2.24, 2.45) is 0 Å². The Labute approximate surface area is 168 Å². The fourth-order valence-corrected chi connectivity index (χ4v) is 3.52. The Balaban J connectivity index is 1.55. The number of aryl methyl sites for hydroxylation is 2. The molecule has 0 saturated carbocycles. The molecule has 0 saturated heterocycles. The number of carbonyl (C=O) groups is 1. The summed E-state index contributed by atoms with van der Waals surface area (Å²) in [6.07, 6.45) is 1.06. The molecular formula is C22H23N3O4. The number of rotatable bonds is 4. The second kappa shape index (κ2) is 8.05. The molecule has 0 aliphatic carbocycles. The molecule has 1 aromatic carbocycles. The van der Waals surface area contributed by atoms with Gasteiger partial charge in [-0.05, 0) is 43.7 Å². The Morgan fingerprint density at radius 2 is 2.14 bits per heavy atom. The van der Waals surface area contributed by atoms with E-state index in [2.05, 4.69) is 10.1 Å². The Morgan fingerprint density at radius 3 is 2.86 bits per heavy atom. The Bertz CT molecular complexity index is 997.